The Labute approximate surface area is 107 Å². The predicted octanol–water partition coefficient (Wildman–Crippen LogP) is 2.74. The van der Waals surface area contributed by atoms with Crippen molar-refractivity contribution in [3.05, 3.63) is 29.8 Å². The molecule has 0 aromatic heterocycles. The Bertz CT molecular complexity index is 378. The van der Waals surface area contributed by atoms with E-state index in [-0.39, 0.29) is 11.5 Å². The van der Waals surface area contributed by atoms with Gasteiger partial charge in [-0.1, -0.05) is 38.5 Å². The van der Waals surface area contributed by atoms with Gasteiger partial charge in [0.15, 0.2) is 0 Å². The molecule has 0 aliphatic carbocycles. The van der Waals surface area contributed by atoms with Crippen LogP contribution in [0.4, 0.5) is 0 Å². The molecule has 0 aliphatic heterocycles. The van der Waals surface area contributed by atoms with Gasteiger partial charge in [0.25, 0.3) is 0 Å². The average Bonchev–Trinajstić information content (AvgIpc) is 2.24. The Balaban J connectivity index is 2.75. The molecule has 0 spiro atoms. The van der Waals surface area contributed by atoms with Gasteiger partial charge in [0.1, 0.15) is 0 Å². The molecule has 1 aromatic rings. The Morgan fingerprint density at radius 2 is 1.76 bits per heavy atom. The van der Waals surface area contributed by atoms with Gasteiger partial charge in [0.2, 0.25) is 0 Å². The van der Waals surface area contributed by atoms with Gasteiger partial charge in [0, 0.05) is 16.7 Å². The van der Waals surface area contributed by atoms with Crippen molar-refractivity contribution < 1.29 is 4.21 Å². The number of hydrogen-bond donors (Lipinski definition) is 1. The van der Waals surface area contributed by atoms with E-state index in [2.05, 4.69) is 26.1 Å². The SMILES string of the molecule is CNC(CS(=O)c1ccc(C)cc1)C(C)(C)C. The fourth-order valence-corrected chi connectivity index (χ4v) is 3.31. The van der Waals surface area contributed by atoms with Crippen molar-refractivity contribution in [3.63, 3.8) is 0 Å². The van der Waals surface area contributed by atoms with Crippen LogP contribution < -0.4 is 5.32 Å². The summed E-state index contributed by atoms with van der Waals surface area (Å²) in [5.74, 6) is 0.656. The van der Waals surface area contributed by atoms with Crippen molar-refractivity contribution in [1.82, 2.24) is 5.32 Å². The van der Waals surface area contributed by atoms with Gasteiger partial charge in [-0.3, -0.25) is 4.21 Å². The molecule has 2 unspecified atom stereocenters. The van der Waals surface area contributed by atoms with Gasteiger partial charge < -0.3 is 5.32 Å². The van der Waals surface area contributed by atoms with E-state index in [0.29, 0.717) is 5.75 Å². The summed E-state index contributed by atoms with van der Waals surface area (Å²) >= 11 is 0. The second-order valence-electron chi connectivity index (χ2n) is 5.53. The fourth-order valence-electron chi connectivity index (χ4n) is 1.70. The third kappa shape index (κ3) is 4.25. The zero-order chi connectivity index (χ0) is 13.1. The molecule has 1 rings (SSSR count). The summed E-state index contributed by atoms with van der Waals surface area (Å²) in [5.41, 5.74) is 1.32. The summed E-state index contributed by atoms with van der Waals surface area (Å²) < 4.78 is 12.2. The molecule has 0 amide bonds. The summed E-state index contributed by atoms with van der Waals surface area (Å²) in [7, 11) is 1.00. The Hall–Kier alpha value is -0.670. The number of benzene rings is 1. The van der Waals surface area contributed by atoms with Gasteiger partial charge in [-0.2, -0.15) is 0 Å². The van der Waals surface area contributed by atoms with E-state index in [0.717, 1.165) is 4.90 Å². The molecule has 0 saturated heterocycles. The normalized spacial score (nSPS) is 15.6. The highest BCUT2D eigenvalue weighted by molar-refractivity contribution is 7.85. The molecule has 1 N–H and O–H groups in total. The molecule has 3 heteroatoms. The minimum Gasteiger partial charge on any atom is -0.316 e. The Morgan fingerprint density at radius 1 is 1.24 bits per heavy atom. The van der Waals surface area contributed by atoms with Crippen LogP contribution in [0.1, 0.15) is 26.3 Å². The van der Waals surface area contributed by atoms with Crippen LogP contribution in [-0.4, -0.2) is 23.1 Å². The second kappa shape index (κ2) is 5.78. The molecule has 0 fully saturated rings. The van der Waals surface area contributed by atoms with E-state index < -0.39 is 10.8 Å². The number of hydrogen-bond acceptors (Lipinski definition) is 2. The summed E-state index contributed by atoms with van der Waals surface area (Å²) in [5, 5.41) is 3.26. The molecular weight excluding hydrogens is 230 g/mol. The lowest BCUT2D eigenvalue weighted by atomic mass is 9.88. The molecule has 0 radical (unpaired) electrons. The maximum Gasteiger partial charge on any atom is 0.0545 e. The van der Waals surface area contributed by atoms with Crippen molar-refractivity contribution in [2.45, 2.75) is 38.6 Å². The fraction of sp³-hybridized carbons (Fsp3) is 0.571. The van der Waals surface area contributed by atoms with Gasteiger partial charge in [-0.15, -0.1) is 0 Å². The van der Waals surface area contributed by atoms with Gasteiger partial charge in [0.05, 0.1) is 10.8 Å². The maximum absolute atomic E-state index is 12.2. The highest BCUT2D eigenvalue weighted by Crippen LogP contribution is 2.21. The summed E-state index contributed by atoms with van der Waals surface area (Å²) in [6.45, 7) is 8.54. The first-order chi connectivity index (χ1) is 7.84. The first kappa shape index (κ1) is 14.4. The summed E-state index contributed by atoms with van der Waals surface area (Å²) in [6, 6.07) is 8.20. The summed E-state index contributed by atoms with van der Waals surface area (Å²) in [6.07, 6.45) is 0. The van der Waals surface area contributed by atoms with Crippen LogP contribution in [-0.2, 0) is 10.8 Å². The third-order valence-corrected chi connectivity index (χ3v) is 4.43. The molecular formula is C14H23NOS. The van der Waals surface area contributed by atoms with E-state index >= 15 is 0 Å². The number of nitrogens with one attached hydrogen (secondary N) is 1. The molecule has 2 atom stereocenters. The lowest BCUT2D eigenvalue weighted by Gasteiger charge is -2.30. The Morgan fingerprint density at radius 3 is 2.18 bits per heavy atom. The highest BCUT2D eigenvalue weighted by atomic mass is 32.2. The molecule has 0 aliphatic rings. The van der Waals surface area contributed by atoms with Gasteiger partial charge in [-0.25, -0.2) is 0 Å². The first-order valence-corrected chi connectivity index (χ1v) is 7.29. The summed E-state index contributed by atoms with van der Waals surface area (Å²) in [4.78, 5) is 0.917. The zero-order valence-corrected chi connectivity index (χ0v) is 12.2. The van der Waals surface area contributed by atoms with Crippen LogP contribution in [0.15, 0.2) is 29.2 Å². The third-order valence-electron chi connectivity index (χ3n) is 3.00. The Kier molecular flexibility index (Phi) is 4.90. The largest absolute Gasteiger partial charge is 0.316 e. The molecule has 1 aromatic carbocycles. The molecule has 2 nitrogen and oxygen atoms in total. The quantitative estimate of drug-likeness (QED) is 0.894. The first-order valence-electron chi connectivity index (χ1n) is 5.97. The van der Waals surface area contributed by atoms with Gasteiger partial charge >= 0.3 is 0 Å². The van der Waals surface area contributed by atoms with Crippen LogP contribution in [0, 0.1) is 12.3 Å². The van der Waals surface area contributed by atoms with Gasteiger partial charge in [-0.05, 0) is 31.5 Å². The van der Waals surface area contributed by atoms with Crippen LogP contribution in [0.3, 0.4) is 0 Å². The molecule has 17 heavy (non-hydrogen) atoms. The lowest BCUT2D eigenvalue weighted by molar-refractivity contribution is 0.304. The van der Waals surface area contributed by atoms with E-state index in [4.69, 9.17) is 0 Å². The van der Waals surface area contributed by atoms with E-state index in [1.54, 1.807) is 0 Å². The minimum absolute atomic E-state index is 0.120. The van der Waals surface area contributed by atoms with Crippen molar-refractivity contribution in [1.29, 1.82) is 0 Å². The van der Waals surface area contributed by atoms with Crippen molar-refractivity contribution in [2.24, 2.45) is 5.41 Å². The molecule has 96 valence electrons. The van der Waals surface area contributed by atoms with Crippen LogP contribution in [0.2, 0.25) is 0 Å². The standard InChI is InChI=1S/C14H23NOS/c1-11-6-8-12(9-7-11)17(16)10-13(15-5)14(2,3)4/h6-9,13,15H,10H2,1-5H3. The van der Waals surface area contributed by atoms with Crippen molar-refractivity contribution in [2.75, 3.05) is 12.8 Å². The maximum atomic E-state index is 12.2. The van der Waals surface area contributed by atoms with Crippen LogP contribution >= 0.6 is 0 Å². The van der Waals surface area contributed by atoms with E-state index in [1.165, 1.54) is 5.56 Å². The second-order valence-corrected chi connectivity index (χ2v) is 7.03. The predicted molar refractivity (Wildman–Crippen MR) is 74.8 cm³/mol. The minimum atomic E-state index is -0.931. The monoisotopic (exact) mass is 253 g/mol. The molecule has 0 saturated carbocycles. The van der Waals surface area contributed by atoms with E-state index in [9.17, 15) is 4.21 Å². The van der Waals surface area contributed by atoms with Crippen molar-refractivity contribution in [3.8, 4) is 0 Å². The number of rotatable bonds is 4. The van der Waals surface area contributed by atoms with E-state index in [1.807, 2.05) is 38.2 Å². The average molecular weight is 253 g/mol. The smallest absolute Gasteiger partial charge is 0.0545 e. The highest BCUT2D eigenvalue weighted by Gasteiger charge is 2.25. The van der Waals surface area contributed by atoms with Crippen molar-refractivity contribution >= 4 is 10.8 Å². The number of aryl methyl sites for hydroxylation is 1. The lowest BCUT2D eigenvalue weighted by Crippen LogP contribution is -2.42. The zero-order valence-electron chi connectivity index (χ0n) is 11.4. The molecule has 0 bridgehead atoms. The topological polar surface area (TPSA) is 29.1 Å². The van der Waals surface area contributed by atoms with Crippen LogP contribution in [0.25, 0.3) is 0 Å². The van der Waals surface area contributed by atoms with Crippen LogP contribution in [0.5, 0.6) is 0 Å². The molecule has 0 heterocycles.